The summed E-state index contributed by atoms with van der Waals surface area (Å²) >= 11 is 0. The third-order valence-corrected chi connectivity index (χ3v) is 3.26. The van der Waals surface area contributed by atoms with E-state index in [1.165, 1.54) is 0 Å². The highest BCUT2D eigenvalue weighted by Gasteiger charge is 2.18. The van der Waals surface area contributed by atoms with E-state index in [0.717, 1.165) is 22.1 Å². The van der Waals surface area contributed by atoms with Gasteiger partial charge in [0.1, 0.15) is 5.75 Å². The molecule has 0 amide bonds. The quantitative estimate of drug-likeness (QED) is 0.856. The maximum Gasteiger partial charge on any atom is 0.341 e. The van der Waals surface area contributed by atoms with E-state index >= 15 is 0 Å². The maximum absolute atomic E-state index is 11.8. The van der Waals surface area contributed by atoms with Gasteiger partial charge in [-0.15, -0.1) is 0 Å². The number of carboxylic acid groups (broad SMARTS) is 1. The van der Waals surface area contributed by atoms with Crippen molar-refractivity contribution in [1.29, 1.82) is 0 Å². The van der Waals surface area contributed by atoms with Crippen molar-refractivity contribution in [2.45, 2.75) is 12.8 Å². The number of esters is 1. The van der Waals surface area contributed by atoms with Crippen LogP contribution in [0.1, 0.15) is 18.4 Å². The summed E-state index contributed by atoms with van der Waals surface area (Å²) in [5.74, 6) is -1.47. The van der Waals surface area contributed by atoms with Gasteiger partial charge in [-0.05, 0) is 35.4 Å². The molecular formula is C16H16O5. The Hall–Kier alpha value is -2.56. The summed E-state index contributed by atoms with van der Waals surface area (Å²) in [6.07, 6.45) is 0. The van der Waals surface area contributed by atoms with Crippen LogP contribution in [0.3, 0.4) is 0 Å². The smallest absolute Gasteiger partial charge is 0.341 e. The number of carbonyl (C=O) groups is 2. The number of carboxylic acids is 1. The fourth-order valence-electron chi connectivity index (χ4n) is 2.03. The van der Waals surface area contributed by atoms with Gasteiger partial charge in [0, 0.05) is 0 Å². The topological polar surface area (TPSA) is 72.8 Å². The summed E-state index contributed by atoms with van der Waals surface area (Å²) < 4.78 is 9.87. The van der Waals surface area contributed by atoms with Gasteiger partial charge in [-0.1, -0.05) is 24.3 Å². The number of ether oxygens (including phenoxy) is 2. The van der Waals surface area contributed by atoms with Crippen LogP contribution in [0.4, 0.5) is 0 Å². The molecule has 21 heavy (non-hydrogen) atoms. The molecule has 0 aliphatic carbocycles. The lowest BCUT2D eigenvalue weighted by molar-refractivity contribution is -0.155. The van der Waals surface area contributed by atoms with E-state index in [1.807, 2.05) is 36.4 Å². The molecule has 110 valence electrons. The van der Waals surface area contributed by atoms with Crippen molar-refractivity contribution in [3.63, 3.8) is 0 Å². The molecule has 0 saturated carbocycles. The Bertz CT molecular complexity index is 677. The van der Waals surface area contributed by atoms with E-state index in [-0.39, 0.29) is 0 Å². The molecule has 0 fully saturated rings. The molecule has 0 aromatic heterocycles. The molecule has 0 aliphatic rings. The molecular weight excluding hydrogens is 272 g/mol. The molecule has 2 aromatic carbocycles. The molecule has 5 nitrogen and oxygen atoms in total. The zero-order valence-corrected chi connectivity index (χ0v) is 11.8. The van der Waals surface area contributed by atoms with E-state index < -0.39 is 24.5 Å². The Balaban J connectivity index is 2.21. The first-order chi connectivity index (χ1) is 10.0. The van der Waals surface area contributed by atoms with Crippen LogP contribution in [0.5, 0.6) is 5.75 Å². The first-order valence-corrected chi connectivity index (χ1v) is 6.47. The van der Waals surface area contributed by atoms with Crippen LogP contribution >= 0.6 is 0 Å². The number of benzene rings is 2. The number of methoxy groups -OCH3 is 1. The van der Waals surface area contributed by atoms with Gasteiger partial charge in [-0.2, -0.15) is 0 Å². The minimum atomic E-state index is -1.17. The Kier molecular flexibility index (Phi) is 4.42. The largest absolute Gasteiger partial charge is 0.497 e. The zero-order chi connectivity index (χ0) is 15.4. The lowest BCUT2D eigenvalue weighted by Gasteiger charge is -2.12. The average Bonchev–Trinajstić information content (AvgIpc) is 2.50. The predicted octanol–water partition coefficient (Wildman–Crippen LogP) is 2.58. The maximum atomic E-state index is 11.8. The van der Waals surface area contributed by atoms with Crippen LogP contribution in [0.25, 0.3) is 10.8 Å². The molecule has 0 saturated heterocycles. The molecule has 0 aliphatic heterocycles. The monoisotopic (exact) mass is 288 g/mol. The minimum absolute atomic E-state index is 0.518. The number of aliphatic carboxylic acids is 1. The third kappa shape index (κ3) is 3.51. The molecule has 2 aromatic rings. The van der Waals surface area contributed by atoms with Crippen LogP contribution in [0.2, 0.25) is 0 Å². The van der Waals surface area contributed by atoms with Crippen LogP contribution in [0, 0.1) is 0 Å². The third-order valence-electron chi connectivity index (χ3n) is 3.26. The van der Waals surface area contributed by atoms with Gasteiger partial charge in [0.05, 0.1) is 13.0 Å². The Morgan fingerprint density at radius 2 is 1.81 bits per heavy atom. The fourth-order valence-corrected chi connectivity index (χ4v) is 2.03. The molecule has 0 unspecified atom stereocenters. The number of hydrogen-bond donors (Lipinski definition) is 1. The van der Waals surface area contributed by atoms with E-state index in [9.17, 15) is 9.59 Å². The van der Waals surface area contributed by atoms with E-state index in [1.54, 1.807) is 14.0 Å². The molecule has 1 N–H and O–H groups in total. The number of rotatable bonds is 5. The van der Waals surface area contributed by atoms with Crippen LogP contribution in [0.15, 0.2) is 36.4 Å². The average molecular weight is 288 g/mol. The van der Waals surface area contributed by atoms with Crippen molar-refractivity contribution < 1.29 is 24.2 Å². The van der Waals surface area contributed by atoms with E-state index in [4.69, 9.17) is 14.6 Å². The van der Waals surface area contributed by atoms with Gasteiger partial charge in [-0.25, -0.2) is 4.79 Å². The standard InChI is InChI=1S/C16H16O5/c1-10(16(19)21-9-15(17)18)11-3-4-13-8-14(20-2)6-5-12(13)7-11/h3-8,10H,9H2,1-2H3,(H,17,18)/t10-/m1/s1. The van der Waals surface area contributed by atoms with Crippen molar-refractivity contribution >= 4 is 22.7 Å². The van der Waals surface area contributed by atoms with Crippen molar-refractivity contribution in [3.8, 4) is 5.75 Å². The van der Waals surface area contributed by atoms with Gasteiger partial charge < -0.3 is 14.6 Å². The first-order valence-electron chi connectivity index (χ1n) is 6.47. The second-order valence-corrected chi connectivity index (χ2v) is 4.70. The molecule has 1 atom stereocenters. The van der Waals surface area contributed by atoms with Gasteiger partial charge in [0.25, 0.3) is 0 Å². The van der Waals surface area contributed by atoms with E-state index in [0.29, 0.717) is 0 Å². The first kappa shape index (κ1) is 14.8. The van der Waals surface area contributed by atoms with Crippen LogP contribution in [-0.4, -0.2) is 30.8 Å². The molecule has 0 heterocycles. The highest BCUT2D eigenvalue weighted by molar-refractivity contribution is 5.87. The molecule has 0 bridgehead atoms. The molecule has 5 heteroatoms. The second kappa shape index (κ2) is 6.26. The van der Waals surface area contributed by atoms with Crippen molar-refractivity contribution in [1.82, 2.24) is 0 Å². The number of hydrogen-bond acceptors (Lipinski definition) is 4. The van der Waals surface area contributed by atoms with Crippen LogP contribution < -0.4 is 4.74 Å². The van der Waals surface area contributed by atoms with E-state index in [2.05, 4.69) is 0 Å². The summed E-state index contributed by atoms with van der Waals surface area (Å²) in [7, 11) is 1.61. The lowest BCUT2D eigenvalue weighted by Crippen LogP contribution is -2.17. The number of carbonyl (C=O) groups excluding carboxylic acids is 1. The Morgan fingerprint density at radius 3 is 2.48 bits per heavy atom. The van der Waals surface area contributed by atoms with Gasteiger partial charge in [-0.3, -0.25) is 4.79 Å². The predicted molar refractivity (Wildman–Crippen MR) is 77.5 cm³/mol. The zero-order valence-electron chi connectivity index (χ0n) is 11.8. The molecule has 0 radical (unpaired) electrons. The summed E-state index contributed by atoms with van der Waals surface area (Å²) in [4.78, 5) is 22.2. The van der Waals surface area contributed by atoms with Crippen molar-refractivity contribution in [2.75, 3.05) is 13.7 Å². The highest BCUT2D eigenvalue weighted by atomic mass is 16.5. The molecule has 0 spiro atoms. The summed E-state index contributed by atoms with van der Waals surface area (Å²) in [6, 6.07) is 11.3. The summed E-state index contributed by atoms with van der Waals surface area (Å²) in [6.45, 7) is 1.07. The SMILES string of the molecule is COc1ccc2cc([C@@H](C)C(=O)OCC(=O)O)ccc2c1. The highest BCUT2D eigenvalue weighted by Crippen LogP contribution is 2.25. The summed E-state index contributed by atoms with van der Waals surface area (Å²) in [5, 5.41) is 10.5. The normalized spacial score (nSPS) is 11.9. The van der Waals surface area contributed by atoms with Gasteiger partial charge in [0.15, 0.2) is 6.61 Å². The van der Waals surface area contributed by atoms with Crippen molar-refractivity contribution in [2.24, 2.45) is 0 Å². The summed E-state index contributed by atoms with van der Waals surface area (Å²) in [5.41, 5.74) is 0.781. The Morgan fingerprint density at radius 1 is 1.14 bits per heavy atom. The second-order valence-electron chi connectivity index (χ2n) is 4.70. The lowest BCUT2D eigenvalue weighted by atomic mass is 9.98. The van der Waals surface area contributed by atoms with Gasteiger partial charge in [0.2, 0.25) is 0 Å². The molecule has 2 rings (SSSR count). The fraction of sp³-hybridized carbons (Fsp3) is 0.250. The van der Waals surface area contributed by atoms with Crippen LogP contribution in [-0.2, 0) is 14.3 Å². The Labute approximate surface area is 122 Å². The number of fused-ring (bicyclic) bond motifs is 1. The van der Waals surface area contributed by atoms with Gasteiger partial charge >= 0.3 is 11.9 Å². The van der Waals surface area contributed by atoms with Crippen molar-refractivity contribution in [3.05, 3.63) is 42.0 Å². The minimum Gasteiger partial charge on any atom is -0.497 e.